The Bertz CT molecular complexity index is 159. The van der Waals surface area contributed by atoms with Gasteiger partial charge in [-0.15, -0.1) is 0 Å². The molecule has 0 atom stereocenters. The molecule has 0 spiro atoms. The van der Waals surface area contributed by atoms with Crippen LogP contribution in [-0.2, 0) is 40.2 Å². The van der Waals surface area contributed by atoms with E-state index in [4.69, 9.17) is 0 Å². The standard InChI is InChI=1S/3C3H6O2.Sc/c3*1-2-3(4)5;/h3*2H2,1H3,(H,4,5);/q;;;+3/p-3. The fourth-order valence-electron chi connectivity index (χ4n) is 0. The zero-order valence-electron chi connectivity index (χ0n) is 9.65. The van der Waals surface area contributed by atoms with Gasteiger partial charge in [-0.3, -0.25) is 0 Å². The van der Waals surface area contributed by atoms with E-state index in [0.29, 0.717) is 0 Å². The Morgan fingerprint density at radius 2 is 0.750 bits per heavy atom. The summed E-state index contributed by atoms with van der Waals surface area (Å²) in [6, 6.07) is 0. The van der Waals surface area contributed by atoms with Crippen molar-refractivity contribution in [2.75, 3.05) is 0 Å². The minimum atomic E-state index is -0.995. The van der Waals surface area contributed by atoms with Gasteiger partial charge in [-0.2, -0.15) is 0 Å². The summed E-state index contributed by atoms with van der Waals surface area (Å²) in [4.78, 5) is 27.8. The molecule has 0 N–H and O–H groups in total. The van der Waals surface area contributed by atoms with E-state index in [0.717, 1.165) is 0 Å². The first kappa shape index (κ1) is 24.5. The normalized spacial score (nSPS) is 6.94. The molecule has 0 aromatic carbocycles. The summed E-state index contributed by atoms with van der Waals surface area (Å²) in [7, 11) is 0. The molecule has 0 radical (unpaired) electrons. The second-order valence-electron chi connectivity index (χ2n) is 2.18. The SMILES string of the molecule is CCC(=O)[O-].CCC(=O)[O-].CCC(=O)[O-].[Sc+3]. The van der Waals surface area contributed by atoms with Crippen molar-refractivity contribution in [2.45, 2.75) is 40.0 Å². The van der Waals surface area contributed by atoms with Crippen LogP contribution in [0.4, 0.5) is 0 Å². The Morgan fingerprint density at radius 1 is 0.688 bits per heavy atom. The number of carbonyl (C=O) groups is 3. The van der Waals surface area contributed by atoms with E-state index in [-0.39, 0.29) is 45.1 Å². The van der Waals surface area contributed by atoms with Crippen LogP contribution in [0.15, 0.2) is 0 Å². The average molecular weight is 264 g/mol. The maximum absolute atomic E-state index is 9.26. The van der Waals surface area contributed by atoms with Crippen molar-refractivity contribution in [1.29, 1.82) is 0 Å². The Balaban J connectivity index is -0.0000000655. The van der Waals surface area contributed by atoms with E-state index >= 15 is 0 Å². The fraction of sp³-hybridized carbons (Fsp3) is 0.667. The molecule has 7 heteroatoms. The molecule has 0 bridgehead atoms. The van der Waals surface area contributed by atoms with E-state index in [1.165, 1.54) is 20.8 Å². The van der Waals surface area contributed by atoms with Crippen LogP contribution in [0.25, 0.3) is 0 Å². The number of carboxylic acid groups (broad SMARTS) is 3. The van der Waals surface area contributed by atoms with Gasteiger partial charge in [-0.1, -0.05) is 20.8 Å². The van der Waals surface area contributed by atoms with Gasteiger partial charge in [-0.25, -0.2) is 0 Å². The van der Waals surface area contributed by atoms with Crippen LogP contribution in [0, 0.1) is 0 Å². The molecule has 0 amide bonds. The van der Waals surface area contributed by atoms with Gasteiger partial charge >= 0.3 is 25.8 Å². The fourth-order valence-corrected chi connectivity index (χ4v) is 0. The number of carboxylic acids is 3. The van der Waals surface area contributed by atoms with Crippen molar-refractivity contribution in [2.24, 2.45) is 0 Å². The summed E-state index contributed by atoms with van der Waals surface area (Å²) in [6.07, 6.45) is 0.333. The summed E-state index contributed by atoms with van der Waals surface area (Å²) in [5.41, 5.74) is 0. The van der Waals surface area contributed by atoms with Gasteiger partial charge in [-0.05, 0) is 19.3 Å². The second-order valence-corrected chi connectivity index (χ2v) is 2.18. The Hall–Kier alpha value is -0.720. The smallest absolute Gasteiger partial charge is 0.550 e. The van der Waals surface area contributed by atoms with Gasteiger partial charge in [0.2, 0.25) is 0 Å². The van der Waals surface area contributed by atoms with Crippen molar-refractivity contribution in [3.63, 3.8) is 0 Å². The maximum Gasteiger partial charge on any atom is 3.00 e. The molecule has 0 unspecified atom stereocenters. The van der Waals surface area contributed by atoms with Crippen LogP contribution in [0.2, 0.25) is 0 Å². The topological polar surface area (TPSA) is 120 Å². The van der Waals surface area contributed by atoms with E-state index in [9.17, 15) is 29.7 Å². The van der Waals surface area contributed by atoms with Crippen molar-refractivity contribution in [3.8, 4) is 0 Å². The zero-order valence-corrected chi connectivity index (χ0v) is 11.5. The van der Waals surface area contributed by atoms with Crippen molar-refractivity contribution >= 4 is 17.9 Å². The molecular weight excluding hydrogens is 249 g/mol. The van der Waals surface area contributed by atoms with Crippen LogP contribution in [0.1, 0.15) is 40.0 Å². The number of aliphatic carboxylic acids is 3. The Kier molecular flexibility index (Phi) is 30.3. The van der Waals surface area contributed by atoms with Gasteiger partial charge in [0.15, 0.2) is 0 Å². The molecular formula is C9H15O6Sc. The van der Waals surface area contributed by atoms with E-state index in [1.807, 2.05) is 0 Å². The molecule has 90 valence electrons. The molecule has 16 heavy (non-hydrogen) atoms. The average Bonchev–Trinajstić information content (AvgIpc) is 2.19. The Morgan fingerprint density at radius 3 is 0.750 bits per heavy atom. The number of rotatable bonds is 3. The summed E-state index contributed by atoms with van der Waals surface area (Å²) >= 11 is 0. The first-order valence-electron chi connectivity index (χ1n) is 4.41. The quantitative estimate of drug-likeness (QED) is 0.552. The third kappa shape index (κ3) is 71.8. The molecule has 0 aliphatic rings. The van der Waals surface area contributed by atoms with Crippen LogP contribution in [-0.4, -0.2) is 17.9 Å². The van der Waals surface area contributed by atoms with Crippen molar-refractivity contribution in [1.82, 2.24) is 0 Å². The van der Waals surface area contributed by atoms with Crippen molar-refractivity contribution in [3.05, 3.63) is 0 Å². The molecule has 0 saturated carbocycles. The van der Waals surface area contributed by atoms with Crippen LogP contribution >= 0.6 is 0 Å². The summed E-state index contributed by atoms with van der Waals surface area (Å²) < 4.78 is 0. The van der Waals surface area contributed by atoms with Gasteiger partial charge in [0.05, 0.1) is 0 Å². The maximum atomic E-state index is 9.26. The number of hydrogen-bond acceptors (Lipinski definition) is 6. The molecule has 0 aromatic heterocycles. The number of hydrogen-bond donors (Lipinski definition) is 0. The molecule has 0 saturated heterocycles. The van der Waals surface area contributed by atoms with Crippen LogP contribution < -0.4 is 15.3 Å². The largest absolute Gasteiger partial charge is 3.00 e. The molecule has 0 fully saturated rings. The number of carbonyl (C=O) groups excluding carboxylic acids is 3. The summed E-state index contributed by atoms with van der Waals surface area (Å²) in [6.45, 7) is 4.61. The minimum Gasteiger partial charge on any atom is -0.550 e. The monoisotopic (exact) mass is 264 g/mol. The molecule has 0 aromatic rings. The third-order valence-electron chi connectivity index (χ3n) is 0.866. The predicted octanol–water partition coefficient (Wildman–Crippen LogP) is -2.56. The zero-order chi connectivity index (χ0) is 12.9. The van der Waals surface area contributed by atoms with Crippen LogP contribution in [0.3, 0.4) is 0 Å². The molecule has 0 heterocycles. The van der Waals surface area contributed by atoms with E-state index in [2.05, 4.69) is 0 Å². The molecule has 0 aliphatic heterocycles. The first-order valence-corrected chi connectivity index (χ1v) is 4.41. The van der Waals surface area contributed by atoms with Gasteiger partial charge in [0.1, 0.15) is 0 Å². The molecule has 6 nitrogen and oxygen atoms in total. The molecule has 0 rings (SSSR count). The summed E-state index contributed by atoms with van der Waals surface area (Å²) in [5.74, 6) is -2.99. The third-order valence-corrected chi connectivity index (χ3v) is 0.866. The van der Waals surface area contributed by atoms with Crippen LogP contribution in [0.5, 0.6) is 0 Å². The van der Waals surface area contributed by atoms with E-state index < -0.39 is 17.9 Å². The van der Waals surface area contributed by atoms with Crippen molar-refractivity contribution < 1.29 is 55.5 Å². The predicted molar refractivity (Wildman–Crippen MR) is 45.9 cm³/mol. The second kappa shape index (κ2) is 19.8. The minimum absolute atomic E-state index is 0. The van der Waals surface area contributed by atoms with E-state index in [1.54, 1.807) is 0 Å². The summed E-state index contributed by atoms with van der Waals surface area (Å²) in [5, 5.41) is 27.8. The van der Waals surface area contributed by atoms with Gasteiger partial charge < -0.3 is 29.7 Å². The van der Waals surface area contributed by atoms with Gasteiger partial charge in [0.25, 0.3) is 0 Å². The molecule has 0 aliphatic carbocycles. The first-order chi connectivity index (χ1) is 6.81. The van der Waals surface area contributed by atoms with Gasteiger partial charge in [0, 0.05) is 17.9 Å². The Labute approximate surface area is 113 Å².